The molecule has 9 nitrogen and oxygen atoms in total. The lowest BCUT2D eigenvalue weighted by Gasteiger charge is -2.19. The molecule has 0 unspecified atom stereocenters. The van der Waals surface area contributed by atoms with Crippen molar-refractivity contribution in [3.8, 4) is 17.2 Å². The van der Waals surface area contributed by atoms with Gasteiger partial charge in [0.25, 0.3) is 0 Å². The van der Waals surface area contributed by atoms with Gasteiger partial charge >= 0.3 is 0 Å². The van der Waals surface area contributed by atoms with Crippen LogP contribution in [-0.2, 0) is 9.59 Å². The zero-order valence-electron chi connectivity index (χ0n) is 17.3. The second kappa shape index (κ2) is 9.01. The molecule has 1 aromatic heterocycles. The number of benzene rings is 2. The Kier molecular flexibility index (Phi) is 5.98. The molecule has 1 atom stereocenters. The molecular weight excluding hydrogens is 416 g/mol. The Morgan fingerprint density at radius 2 is 1.78 bits per heavy atom. The first-order chi connectivity index (χ1) is 15.4. The van der Waals surface area contributed by atoms with Crippen molar-refractivity contribution >= 4 is 22.8 Å². The number of para-hydroxylation sites is 1. The number of fused-ring (bicyclic) bond motifs is 2. The van der Waals surface area contributed by atoms with Crippen molar-refractivity contribution in [1.82, 2.24) is 10.6 Å². The summed E-state index contributed by atoms with van der Waals surface area (Å²) in [5.41, 5.74) is 0.707. The van der Waals surface area contributed by atoms with Gasteiger partial charge in [0.1, 0.15) is 11.3 Å². The summed E-state index contributed by atoms with van der Waals surface area (Å²) in [6.45, 7) is 1.91. The van der Waals surface area contributed by atoms with Crippen molar-refractivity contribution in [3.05, 3.63) is 64.0 Å². The van der Waals surface area contributed by atoms with E-state index in [0.29, 0.717) is 28.0 Å². The van der Waals surface area contributed by atoms with Crippen molar-refractivity contribution in [2.75, 3.05) is 19.9 Å². The largest absolute Gasteiger partial charge is 0.508 e. The fourth-order valence-corrected chi connectivity index (χ4v) is 3.64. The minimum absolute atomic E-state index is 0.0185. The second-order valence-corrected chi connectivity index (χ2v) is 7.37. The Balaban J connectivity index is 1.70. The van der Waals surface area contributed by atoms with Gasteiger partial charge < -0.3 is 29.6 Å². The average molecular weight is 438 g/mol. The molecule has 1 aliphatic rings. The van der Waals surface area contributed by atoms with Crippen molar-refractivity contribution in [3.63, 3.8) is 0 Å². The molecule has 0 aliphatic carbocycles. The number of hydrogen-bond acceptors (Lipinski definition) is 7. The molecule has 2 aromatic carbocycles. The summed E-state index contributed by atoms with van der Waals surface area (Å²) in [7, 11) is 0. The number of nitrogens with one attached hydrogen (secondary N) is 2. The lowest BCUT2D eigenvalue weighted by atomic mass is 9.87. The number of carbonyl (C=O) groups excluding carboxylic acids is 2. The van der Waals surface area contributed by atoms with Gasteiger partial charge in [-0.1, -0.05) is 12.1 Å². The molecule has 0 fully saturated rings. The van der Waals surface area contributed by atoms with Crippen molar-refractivity contribution in [2.45, 2.75) is 19.3 Å². The van der Waals surface area contributed by atoms with E-state index < -0.39 is 5.92 Å². The van der Waals surface area contributed by atoms with Gasteiger partial charge in [0.2, 0.25) is 18.6 Å². The van der Waals surface area contributed by atoms with Gasteiger partial charge in [-0.05, 0) is 18.2 Å². The number of amides is 2. The maximum absolute atomic E-state index is 13.2. The molecule has 4 rings (SSSR count). The molecule has 1 aliphatic heterocycles. The van der Waals surface area contributed by atoms with Gasteiger partial charge in [-0.15, -0.1) is 0 Å². The van der Waals surface area contributed by atoms with Crippen LogP contribution in [0, 0.1) is 0 Å². The average Bonchev–Trinajstić information content (AvgIpc) is 3.22. The second-order valence-electron chi connectivity index (χ2n) is 7.37. The first-order valence-corrected chi connectivity index (χ1v) is 10.1. The lowest BCUT2D eigenvalue weighted by Crippen LogP contribution is -2.34. The van der Waals surface area contributed by atoms with E-state index in [1.165, 1.54) is 19.3 Å². The van der Waals surface area contributed by atoms with E-state index in [9.17, 15) is 19.5 Å². The SMILES string of the molecule is CC(=O)NCCNC(=O)C[C@@H](c1cc2c(cc1O)OCO2)c1coc2ccccc2c1=O. The maximum Gasteiger partial charge on any atom is 0.231 e. The van der Waals surface area contributed by atoms with E-state index in [0.717, 1.165) is 0 Å². The third-order valence-corrected chi connectivity index (χ3v) is 5.19. The van der Waals surface area contributed by atoms with Crippen molar-refractivity contribution in [2.24, 2.45) is 0 Å². The van der Waals surface area contributed by atoms with Crippen LogP contribution in [0.1, 0.15) is 30.4 Å². The van der Waals surface area contributed by atoms with Crippen LogP contribution < -0.4 is 25.5 Å². The van der Waals surface area contributed by atoms with Crippen LogP contribution in [-0.4, -0.2) is 36.8 Å². The number of ether oxygens (including phenoxy) is 2. The fraction of sp³-hybridized carbons (Fsp3) is 0.261. The molecule has 166 valence electrons. The first kappa shape index (κ1) is 21.2. The highest BCUT2D eigenvalue weighted by Gasteiger charge is 2.28. The van der Waals surface area contributed by atoms with Gasteiger partial charge in [-0.25, -0.2) is 0 Å². The molecule has 3 N–H and O–H groups in total. The smallest absolute Gasteiger partial charge is 0.231 e. The Morgan fingerprint density at radius 1 is 1.06 bits per heavy atom. The van der Waals surface area contributed by atoms with E-state index in [1.54, 1.807) is 30.3 Å². The molecule has 2 heterocycles. The summed E-state index contributed by atoms with van der Waals surface area (Å²) in [4.78, 5) is 36.9. The van der Waals surface area contributed by atoms with Gasteiger partial charge in [0.15, 0.2) is 16.9 Å². The Labute approximate surface area is 182 Å². The van der Waals surface area contributed by atoms with E-state index in [-0.39, 0.29) is 54.9 Å². The first-order valence-electron chi connectivity index (χ1n) is 10.1. The van der Waals surface area contributed by atoms with Crippen LogP contribution in [0.5, 0.6) is 17.2 Å². The van der Waals surface area contributed by atoms with Crippen LogP contribution in [0.3, 0.4) is 0 Å². The maximum atomic E-state index is 13.2. The molecule has 3 aromatic rings. The molecule has 0 bridgehead atoms. The van der Waals surface area contributed by atoms with Gasteiger partial charge in [0.05, 0.1) is 11.6 Å². The Hall–Kier alpha value is -4.01. The standard InChI is InChI=1S/C23H22N2O7/c1-13(26)24-6-7-25-22(28)9-15(16-8-20-21(10-18(16)27)32-12-31-20)17-11-30-19-5-3-2-4-14(19)23(17)29/h2-5,8,10-11,15,27H,6-7,9,12H2,1H3,(H,24,26)(H,25,28)/t15-/m0/s1. The van der Waals surface area contributed by atoms with E-state index in [2.05, 4.69) is 10.6 Å². The zero-order valence-corrected chi connectivity index (χ0v) is 17.3. The normalized spacial score (nSPS) is 13.0. The van der Waals surface area contributed by atoms with Gasteiger partial charge in [-0.2, -0.15) is 0 Å². The van der Waals surface area contributed by atoms with Crippen LogP contribution in [0.2, 0.25) is 0 Å². The Morgan fingerprint density at radius 3 is 2.56 bits per heavy atom. The van der Waals surface area contributed by atoms with Gasteiger partial charge in [0, 0.05) is 49.5 Å². The van der Waals surface area contributed by atoms with Crippen LogP contribution in [0.4, 0.5) is 0 Å². The minimum Gasteiger partial charge on any atom is -0.508 e. The molecule has 2 amide bonds. The van der Waals surface area contributed by atoms with Crippen LogP contribution in [0.25, 0.3) is 11.0 Å². The lowest BCUT2D eigenvalue weighted by molar-refractivity contribution is -0.122. The predicted molar refractivity (Wildman–Crippen MR) is 115 cm³/mol. The number of phenolic OH excluding ortho intramolecular Hbond substituents is 1. The molecule has 0 radical (unpaired) electrons. The number of phenols is 1. The van der Waals surface area contributed by atoms with Gasteiger partial charge in [-0.3, -0.25) is 14.4 Å². The van der Waals surface area contributed by atoms with E-state index in [4.69, 9.17) is 13.9 Å². The molecule has 0 spiro atoms. The van der Waals surface area contributed by atoms with Crippen molar-refractivity contribution in [1.29, 1.82) is 0 Å². The van der Waals surface area contributed by atoms with E-state index in [1.807, 2.05) is 0 Å². The quantitative estimate of drug-likeness (QED) is 0.482. The highest BCUT2D eigenvalue weighted by atomic mass is 16.7. The number of rotatable bonds is 7. The van der Waals surface area contributed by atoms with Crippen LogP contribution >= 0.6 is 0 Å². The topological polar surface area (TPSA) is 127 Å². The Bertz CT molecular complexity index is 1230. The molecular formula is C23H22N2O7. The highest BCUT2D eigenvalue weighted by molar-refractivity contribution is 5.80. The highest BCUT2D eigenvalue weighted by Crippen LogP contribution is 2.42. The number of hydrogen-bond donors (Lipinski definition) is 3. The summed E-state index contributed by atoms with van der Waals surface area (Å²) >= 11 is 0. The number of carbonyl (C=O) groups is 2. The summed E-state index contributed by atoms with van der Waals surface area (Å²) in [6, 6.07) is 9.79. The third-order valence-electron chi connectivity index (χ3n) is 5.19. The minimum atomic E-state index is -0.800. The summed E-state index contributed by atoms with van der Waals surface area (Å²) in [5, 5.41) is 16.3. The fourth-order valence-electron chi connectivity index (χ4n) is 3.64. The zero-order chi connectivity index (χ0) is 22.7. The monoisotopic (exact) mass is 438 g/mol. The molecule has 0 saturated heterocycles. The predicted octanol–water partition coefficient (Wildman–Crippen LogP) is 2.00. The summed E-state index contributed by atoms with van der Waals surface area (Å²) in [6.07, 6.45) is 1.19. The third kappa shape index (κ3) is 4.36. The molecule has 32 heavy (non-hydrogen) atoms. The van der Waals surface area contributed by atoms with E-state index >= 15 is 0 Å². The molecule has 9 heteroatoms. The summed E-state index contributed by atoms with van der Waals surface area (Å²) < 4.78 is 16.4. The molecule has 0 saturated carbocycles. The van der Waals surface area contributed by atoms with Crippen LogP contribution in [0.15, 0.2) is 51.9 Å². The van der Waals surface area contributed by atoms with Crippen molar-refractivity contribution < 1.29 is 28.6 Å². The summed E-state index contributed by atoms with van der Waals surface area (Å²) in [5.74, 6) is -0.681. The number of aromatic hydroxyl groups is 1.